The predicted molar refractivity (Wildman–Crippen MR) is 101 cm³/mol. The summed E-state index contributed by atoms with van der Waals surface area (Å²) in [6.45, 7) is 2.46. The number of hydrogen-bond acceptors (Lipinski definition) is 4. The minimum absolute atomic E-state index is 0.00514. The SMILES string of the molecule is CCN(C(=O)c1ccccc1OCc1ccc(F)cc1)C1CCS(=O)(=O)C1. The van der Waals surface area contributed by atoms with Crippen LogP contribution in [0.1, 0.15) is 29.3 Å². The fourth-order valence-corrected chi connectivity index (χ4v) is 4.99. The van der Waals surface area contributed by atoms with Crippen molar-refractivity contribution in [2.24, 2.45) is 0 Å². The summed E-state index contributed by atoms with van der Waals surface area (Å²) in [6, 6.07) is 12.6. The summed E-state index contributed by atoms with van der Waals surface area (Å²) in [6.07, 6.45) is 0.459. The average Bonchev–Trinajstić information content (AvgIpc) is 3.01. The number of nitrogens with zero attached hydrogens (tertiary/aromatic N) is 1. The molecule has 0 N–H and O–H groups in total. The van der Waals surface area contributed by atoms with Crippen LogP contribution in [0.4, 0.5) is 4.39 Å². The smallest absolute Gasteiger partial charge is 0.257 e. The molecule has 2 aromatic carbocycles. The highest BCUT2D eigenvalue weighted by Crippen LogP contribution is 2.25. The average molecular weight is 391 g/mol. The van der Waals surface area contributed by atoms with E-state index in [1.54, 1.807) is 41.3 Å². The van der Waals surface area contributed by atoms with Crippen molar-refractivity contribution in [1.29, 1.82) is 0 Å². The van der Waals surface area contributed by atoms with E-state index >= 15 is 0 Å². The van der Waals surface area contributed by atoms with Gasteiger partial charge in [0.1, 0.15) is 18.2 Å². The Kier molecular flexibility index (Phi) is 5.79. The molecule has 1 saturated heterocycles. The van der Waals surface area contributed by atoms with E-state index in [0.29, 0.717) is 24.3 Å². The Morgan fingerprint density at radius 3 is 2.52 bits per heavy atom. The molecule has 144 valence electrons. The second kappa shape index (κ2) is 8.08. The third kappa shape index (κ3) is 4.66. The zero-order valence-electron chi connectivity index (χ0n) is 15.1. The van der Waals surface area contributed by atoms with Gasteiger partial charge in [0.05, 0.1) is 17.1 Å². The molecule has 1 atom stereocenters. The lowest BCUT2D eigenvalue weighted by Crippen LogP contribution is -2.41. The van der Waals surface area contributed by atoms with Crippen molar-refractivity contribution in [2.75, 3.05) is 18.1 Å². The fraction of sp³-hybridized carbons (Fsp3) is 0.350. The highest BCUT2D eigenvalue weighted by molar-refractivity contribution is 7.91. The van der Waals surface area contributed by atoms with Gasteiger partial charge < -0.3 is 9.64 Å². The van der Waals surface area contributed by atoms with Gasteiger partial charge in [-0.25, -0.2) is 12.8 Å². The standard InChI is InChI=1S/C20H22FNO4S/c1-2-22(17-11-12-27(24,25)14-17)20(23)18-5-3-4-6-19(18)26-13-15-7-9-16(21)10-8-15/h3-10,17H,2,11-14H2,1H3. The zero-order chi connectivity index (χ0) is 19.4. The molecular formula is C20H22FNO4S. The van der Waals surface area contributed by atoms with Gasteiger partial charge in [0.25, 0.3) is 5.91 Å². The van der Waals surface area contributed by atoms with E-state index in [-0.39, 0.29) is 35.9 Å². The second-order valence-electron chi connectivity index (χ2n) is 6.56. The summed E-state index contributed by atoms with van der Waals surface area (Å²) in [7, 11) is -3.08. The summed E-state index contributed by atoms with van der Waals surface area (Å²) < 4.78 is 42.4. The molecule has 27 heavy (non-hydrogen) atoms. The van der Waals surface area contributed by atoms with E-state index in [1.807, 2.05) is 6.92 Å². The van der Waals surface area contributed by atoms with Gasteiger partial charge in [0.2, 0.25) is 0 Å². The number of sulfone groups is 1. The van der Waals surface area contributed by atoms with Crippen molar-refractivity contribution >= 4 is 15.7 Å². The minimum Gasteiger partial charge on any atom is -0.488 e. The molecule has 2 aromatic rings. The fourth-order valence-electron chi connectivity index (χ4n) is 3.25. The molecule has 3 rings (SSSR count). The molecule has 1 aliphatic heterocycles. The molecule has 0 saturated carbocycles. The summed E-state index contributed by atoms with van der Waals surface area (Å²) in [4.78, 5) is 14.7. The molecule has 0 bridgehead atoms. The lowest BCUT2D eigenvalue weighted by Gasteiger charge is -2.27. The van der Waals surface area contributed by atoms with Crippen molar-refractivity contribution in [3.05, 3.63) is 65.5 Å². The number of carbonyl (C=O) groups excluding carboxylic acids is 1. The molecule has 1 aliphatic rings. The largest absolute Gasteiger partial charge is 0.488 e. The van der Waals surface area contributed by atoms with E-state index in [9.17, 15) is 17.6 Å². The van der Waals surface area contributed by atoms with Gasteiger partial charge in [0, 0.05) is 12.6 Å². The van der Waals surface area contributed by atoms with Crippen LogP contribution in [-0.4, -0.2) is 43.3 Å². The van der Waals surface area contributed by atoms with Crippen LogP contribution in [-0.2, 0) is 16.4 Å². The van der Waals surface area contributed by atoms with Gasteiger partial charge in [-0.1, -0.05) is 24.3 Å². The van der Waals surface area contributed by atoms with Crippen LogP contribution in [0.25, 0.3) is 0 Å². The number of para-hydroxylation sites is 1. The van der Waals surface area contributed by atoms with Crippen molar-refractivity contribution in [3.63, 3.8) is 0 Å². The van der Waals surface area contributed by atoms with E-state index in [1.165, 1.54) is 12.1 Å². The summed E-state index contributed by atoms with van der Waals surface area (Å²) in [5.41, 5.74) is 1.18. The topological polar surface area (TPSA) is 63.7 Å². The van der Waals surface area contributed by atoms with Gasteiger partial charge in [-0.15, -0.1) is 0 Å². The molecule has 1 fully saturated rings. The van der Waals surface area contributed by atoms with Crippen LogP contribution in [0.5, 0.6) is 5.75 Å². The first-order valence-corrected chi connectivity index (χ1v) is 10.7. The number of halogens is 1. The highest BCUT2D eigenvalue weighted by atomic mass is 32.2. The third-order valence-electron chi connectivity index (χ3n) is 4.68. The number of rotatable bonds is 6. The number of hydrogen-bond donors (Lipinski definition) is 0. The Balaban J connectivity index is 1.77. The molecule has 5 nitrogen and oxygen atoms in total. The number of carbonyl (C=O) groups is 1. The lowest BCUT2D eigenvalue weighted by atomic mass is 10.1. The van der Waals surface area contributed by atoms with Crippen LogP contribution < -0.4 is 4.74 Å². The monoisotopic (exact) mass is 391 g/mol. The van der Waals surface area contributed by atoms with Crippen molar-refractivity contribution < 1.29 is 22.3 Å². The van der Waals surface area contributed by atoms with Crippen LogP contribution in [0.3, 0.4) is 0 Å². The first-order valence-electron chi connectivity index (χ1n) is 8.87. The van der Waals surface area contributed by atoms with Gasteiger partial charge in [-0.3, -0.25) is 4.79 Å². The predicted octanol–water partition coefficient (Wildman–Crippen LogP) is 3.05. The Morgan fingerprint density at radius 2 is 1.89 bits per heavy atom. The Morgan fingerprint density at radius 1 is 1.19 bits per heavy atom. The van der Waals surface area contributed by atoms with Gasteiger partial charge in [-0.05, 0) is 43.2 Å². The summed E-state index contributed by atoms with van der Waals surface area (Å²) >= 11 is 0. The molecule has 1 unspecified atom stereocenters. The summed E-state index contributed by atoms with van der Waals surface area (Å²) in [5, 5.41) is 0. The molecular weight excluding hydrogens is 369 g/mol. The van der Waals surface area contributed by atoms with Gasteiger partial charge >= 0.3 is 0 Å². The van der Waals surface area contributed by atoms with Gasteiger partial charge in [-0.2, -0.15) is 0 Å². The Labute approximate surface area is 158 Å². The van der Waals surface area contributed by atoms with Crippen LogP contribution >= 0.6 is 0 Å². The quantitative estimate of drug-likeness (QED) is 0.759. The third-order valence-corrected chi connectivity index (χ3v) is 6.43. The number of ether oxygens (including phenoxy) is 1. The Hall–Kier alpha value is -2.41. The van der Waals surface area contributed by atoms with Gasteiger partial charge in [0.15, 0.2) is 9.84 Å². The molecule has 0 aromatic heterocycles. The first kappa shape index (κ1) is 19.4. The number of benzene rings is 2. The Bertz CT molecular complexity index is 912. The summed E-state index contributed by atoms with van der Waals surface area (Å²) in [5.74, 6) is -0.0186. The molecule has 1 amide bonds. The normalized spacial score (nSPS) is 18.2. The maximum Gasteiger partial charge on any atom is 0.257 e. The molecule has 7 heteroatoms. The van der Waals surface area contributed by atoms with Crippen molar-refractivity contribution in [2.45, 2.75) is 26.0 Å². The van der Waals surface area contributed by atoms with Crippen LogP contribution in [0, 0.1) is 5.82 Å². The van der Waals surface area contributed by atoms with Crippen LogP contribution in [0.15, 0.2) is 48.5 Å². The number of amides is 1. The molecule has 0 radical (unpaired) electrons. The maximum atomic E-state index is 13.1. The van der Waals surface area contributed by atoms with E-state index < -0.39 is 9.84 Å². The second-order valence-corrected chi connectivity index (χ2v) is 8.79. The molecule has 0 spiro atoms. The van der Waals surface area contributed by atoms with E-state index in [4.69, 9.17) is 4.74 Å². The lowest BCUT2D eigenvalue weighted by molar-refractivity contribution is 0.0703. The first-order chi connectivity index (χ1) is 12.9. The molecule has 0 aliphatic carbocycles. The minimum atomic E-state index is -3.08. The zero-order valence-corrected chi connectivity index (χ0v) is 15.9. The van der Waals surface area contributed by atoms with Crippen LogP contribution in [0.2, 0.25) is 0 Å². The van der Waals surface area contributed by atoms with Crippen molar-refractivity contribution in [3.8, 4) is 5.75 Å². The van der Waals surface area contributed by atoms with Crippen molar-refractivity contribution in [1.82, 2.24) is 4.90 Å². The van der Waals surface area contributed by atoms with E-state index in [0.717, 1.165) is 5.56 Å². The molecule has 1 heterocycles. The maximum absolute atomic E-state index is 13.1. The van der Waals surface area contributed by atoms with E-state index in [2.05, 4.69) is 0 Å². The highest BCUT2D eigenvalue weighted by Gasteiger charge is 2.34.